The molecule has 0 radical (unpaired) electrons. The van der Waals surface area contributed by atoms with Crippen molar-refractivity contribution in [1.82, 2.24) is 0 Å². The van der Waals surface area contributed by atoms with Gasteiger partial charge in [-0.15, -0.1) is 11.1 Å². The van der Waals surface area contributed by atoms with Crippen molar-refractivity contribution in [2.45, 2.75) is 175 Å². The Morgan fingerprint density at radius 1 is 0.537 bits per heavy atom. The standard InChI is InChI=1S/C38H66OSi2/c1-14-15-16-17-18-19-20-21-26-39-38-23-22-36(24-27-40(30(2)3,31(4)5)32(6)7)37(29-38)25-28-41(33(8)9,34(10)11)35(12)13/h22-23,29-35H,14-21,26H2,1-13H3. The van der Waals surface area contributed by atoms with Gasteiger partial charge in [0.2, 0.25) is 0 Å². The minimum absolute atomic E-state index is 0.605. The van der Waals surface area contributed by atoms with Crippen molar-refractivity contribution in [3.05, 3.63) is 29.3 Å². The second-order valence-corrected chi connectivity index (χ2v) is 25.5. The van der Waals surface area contributed by atoms with Gasteiger partial charge in [0.1, 0.15) is 21.9 Å². The molecule has 0 atom stereocenters. The van der Waals surface area contributed by atoms with Crippen LogP contribution >= 0.6 is 0 Å². The summed E-state index contributed by atoms with van der Waals surface area (Å²) < 4.78 is 6.29. The van der Waals surface area contributed by atoms with Crippen LogP contribution in [0.25, 0.3) is 0 Å². The van der Waals surface area contributed by atoms with Crippen LogP contribution in [0.4, 0.5) is 0 Å². The Hall–Kier alpha value is -1.43. The van der Waals surface area contributed by atoms with Gasteiger partial charge in [0.05, 0.1) is 6.61 Å². The first-order valence-electron chi connectivity index (χ1n) is 17.1. The summed E-state index contributed by atoms with van der Waals surface area (Å²) in [7, 11) is -3.69. The highest BCUT2D eigenvalue weighted by atomic mass is 28.3. The quantitative estimate of drug-likeness (QED) is 0.105. The van der Waals surface area contributed by atoms with Crippen molar-refractivity contribution in [2.75, 3.05) is 6.61 Å². The molecular formula is C38H66OSi2. The minimum Gasteiger partial charge on any atom is -0.494 e. The van der Waals surface area contributed by atoms with E-state index in [2.05, 4.69) is 131 Å². The SMILES string of the molecule is CCCCCCCCCCOc1ccc(C#C[Si](C(C)C)(C(C)C)C(C)C)c(C#C[Si](C(C)C)(C(C)C)C(C)C)c1. The minimum atomic E-state index is -1.86. The number of benzene rings is 1. The van der Waals surface area contributed by atoms with Crippen LogP contribution in [0.15, 0.2) is 18.2 Å². The molecule has 0 bridgehead atoms. The van der Waals surface area contributed by atoms with Gasteiger partial charge in [0.25, 0.3) is 0 Å². The predicted octanol–water partition coefficient (Wildman–Crippen LogP) is 12.3. The maximum atomic E-state index is 6.29. The van der Waals surface area contributed by atoms with E-state index in [1.165, 1.54) is 44.9 Å². The van der Waals surface area contributed by atoms with Crippen molar-refractivity contribution in [1.29, 1.82) is 0 Å². The molecule has 0 saturated carbocycles. The average molecular weight is 595 g/mol. The molecule has 1 nitrogen and oxygen atoms in total. The molecule has 1 aromatic rings. The Bertz CT molecular complexity index is 967. The molecule has 0 saturated heterocycles. The highest BCUT2D eigenvalue weighted by Crippen LogP contribution is 2.42. The number of rotatable bonds is 16. The molecule has 0 unspecified atom stereocenters. The molecule has 0 fully saturated rings. The van der Waals surface area contributed by atoms with E-state index >= 15 is 0 Å². The van der Waals surface area contributed by atoms with Crippen molar-refractivity contribution in [2.24, 2.45) is 0 Å². The lowest BCUT2D eigenvalue weighted by molar-refractivity contribution is 0.304. The van der Waals surface area contributed by atoms with Crippen LogP contribution in [0.5, 0.6) is 5.75 Å². The lowest BCUT2D eigenvalue weighted by atomic mass is 10.1. The Balaban J connectivity index is 3.40. The largest absolute Gasteiger partial charge is 0.494 e. The Morgan fingerprint density at radius 2 is 0.927 bits per heavy atom. The summed E-state index contributed by atoms with van der Waals surface area (Å²) >= 11 is 0. The van der Waals surface area contributed by atoms with Gasteiger partial charge < -0.3 is 4.74 Å². The summed E-state index contributed by atoms with van der Waals surface area (Å²) in [6, 6.07) is 6.50. The van der Waals surface area contributed by atoms with Crippen molar-refractivity contribution in [3.63, 3.8) is 0 Å². The van der Waals surface area contributed by atoms with Gasteiger partial charge in [-0.3, -0.25) is 0 Å². The fourth-order valence-corrected chi connectivity index (χ4v) is 17.9. The van der Waals surface area contributed by atoms with Crippen LogP contribution in [0, 0.1) is 22.9 Å². The average Bonchev–Trinajstić information content (AvgIpc) is 2.88. The molecule has 0 aliphatic carbocycles. The zero-order valence-corrected chi connectivity index (χ0v) is 31.5. The molecule has 0 aromatic heterocycles. The van der Waals surface area contributed by atoms with E-state index in [1.54, 1.807) is 0 Å². The third-order valence-electron chi connectivity index (χ3n) is 9.82. The maximum Gasteiger partial charge on any atom is 0.146 e. The molecular weight excluding hydrogens is 529 g/mol. The van der Waals surface area contributed by atoms with E-state index in [4.69, 9.17) is 4.74 Å². The molecule has 3 heteroatoms. The van der Waals surface area contributed by atoms with Gasteiger partial charge in [-0.2, -0.15) is 0 Å². The molecule has 0 amide bonds. The summed E-state index contributed by atoms with van der Waals surface area (Å²) in [5, 5.41) is 0. The topological polar surface area (TPSA) is 9.23 Å². The number of hydrogen-bond donors (Lipinski definition) is 0. The van der Waals surface area contributed by atoms with Gasteiger partial charge in [-0.1, -0.05) is 147 Å². The van der Waals surface area contributed by atoms with Crippen molar-refractivity contribution >= 4 is 16.1 Å². The van der Waals surface area contributed by atoms with Crippen LogP contribution in [-0.4, -0.2) is 22.8 Å². The maximum absolute atomic E-state index is 6.29. The van der Waals surface area contributed by atoms with Gasteiger partial charge in [-0.25, -0.2) is 0 Å². The summed E-state index contributed by atoms with van der Waals surface area (Å²) in [5.41, 5.74) is 13.7. The highest BCUT2D eigenvalue weighted by Gasteiger charge is 2.42. The van der Waals surface area contributed by atoms with Crippen LogP contribution in [0.1, 0.15) is 153 Å². The fourth-order valence-electron chi connectivity index (χ4n) is 7.47. The van der Waals surface area contributed by atoms with E-state index in [-0.39, 0.29) is 0 Å². The Kier molecular flexibility index (Phi) is 16.8. The van der Waals surface area contributed by atoms with Gasteiger partial charge in [0, 0.05) is 11.1 Å². The first kappa shape index (κ1) is 37.6. The molecule has 0 aliphatic rings. The van der Waals surface area contributed by atoms with E-state index in [1.807, 2.05) is 0 Å². The van der Waals surface area contributed by atoms with Crippen molar-refractivity contribution in [3.8, 4) is 28.7 Å². The third-order valence-corrected chi connectivity index (χ3v) is 22.4. The normalized spacial score (nSPS) is 12.4. The van der Waals surface area contributed by atoms with E-state index in [0.717, 1.165) is 29.9 Å². The number of hydrogen-bond acceptors (Lipinski definition) is 1. The summed E-state index contributed by atoms with van der Waals surface area (Å²) in [6.45, 7) is 31.7. The smallest absolute Gasteiger partial charge is 0.146 e. The van der Waals surface area contributed by atoms with Gasteiger partial charge in [0.15, 0.2) is 0 Å². The van der Waals surface area contributed by atoms with Crippen LogP contribution in [-0.2, 0) is 0 Å². The molecule has 1 rings (SSSR count). The first-order valence-corrected chi connectivity index (χ1v) is 21.6. The Morgan fingerprint density at radius 3 is 1.34 bits per heavy atom. The summed E-state index contributed by atoms with van der Waals surface area (Å²) in [5.74, 6) is 8.40. The Labute approximate surface area is 259 Å². The monoisotopic (exact) mass is 594 g/mol. The molecule has 0 aliphatic heterocycles. The zero-order chi connectivity index (χ0) is 31.2. The van der Waals surface area contributed by atoms with Crippen molar-refractivity contribution < 1.29 is 4.74 Å². The second-order valence-electron chi connectivity index (χ2n) is 14.3. The lowest BCUT2D eigenvalue weighted by Crippen LogP contribution is -2.43. The highest BCUT2D eigenvalue weighted by molar-refractivity contribution is 6.91. The van der Waals surface area contributed by atoms with E-state index in [9.17, 15) is 0 Å². The van der Waals surface area contributed by atoms with Crippen LogP contribution in [0.2, 0.25) is 33.2 Å². The molecule has 232 valence electrons. The number of unbranched alkanes of at least 4 members (excludes halogenated alkanes) is 7. The zero-order valence-electron chi connectivity index (χ0n) is 29.5. The number of ether oxygens (including phenoxy) is 1. The third kappa shape index (κ3) is 10.4. The van der Waals surface area contributed by atoms with Gasteiger partial charge in [-0.05, 0) is 57.9 Å². The lowest BCUT2D eigenvalue weighted by Gasteiger charge is -2.38. The fraction of sp³-hybridized carbons (Fsp3) is 0.737. The first-order chi connectivity index (χ1) is 19.3. The van der Waals surface area contributed by atoms with E-state index in [0.29, 0.717) is 33.2 Å². The predicted molar refractivity (Wildman–Crippen MR) is 190 cm³/mol. The molecule has 0 heterocycles. The summed E-state index contributed by atoms with van der Waals surface area (Å²) in [6.07, 6.45) is 10.5. The van der Waals surface area contributed by atoms with Crippen LogP contribution in [0.3, 0.4) is 0 Å². The summed E-state index contributed by atoms with van der Waals surface area (Å²) in [4.78, 5) is 0. The molecule has 1 aromatic carbocycles. The molecule has 0 N–H and O–H groups in total. The van der Waals surface area contributed by atoms with Gasteiger partial charge >= 0.3 is 0 Å². The van der Waals surface area contributed by atoms with Crippen LogP contribution < -0.4 is 4.74 Å². The van der Waals surface area contributed by atoms with E-state index < -0.39 is 16.1 Å². The molecule has 41 heavy (non-hydrogen) atoms. The second kappa shape index (κ2) is 18.3. The molecule has 0 spiro atoms.